The van der Waals surface area contributed by atoms with Gasteiger partial charge in [-0.2, -0.15) is 0 Å². The van der Waals surface area contributed by atoms with Crippen LogP contribution in [0.2, 0.25) is 18.1 Å². The fraction of sp³-hybridized carbons (Fsp3) is 0.633. The summed E-state index contributed by atoms with van der Waals surface area (Å²) in [5.74, 6) is 1.29. The molecule has 2 unspecified atom stereocenters. The molecule has 1 aliphatic rings. The molecule has 0 N–H and O–H groups in total. The summed E-state index contributed by atoms with van der Waals surface area (Å²) in [6, 6.07) is 10.0. The highest BCUT2D eigenvalue weighted by Crippen LogP contribution is 2.41. The summed E-state index contributed by atoms with van der Waals surface area (Å²) in [5.41, 5.74) is -0.354. The Bertz CT molecular complexity index is 832. The molecule has 190 valence electrons. The molecule has 0 saturated heterocycles. The van der Waals surface area contributed by atoms with Gasteiger partial charge in [0.25, 0.3) is 0 Å². The second-order valence-electron chi connectivity index (χ2n) is 12.3. The van der Waals surface area contributed by atoms with Gasteiger partial charge in [0.1, 0.15) is 11.5 Å². The average Bonchev–Trinajstić information content (AvgIpc) is 2.75. The Hall–Kier alpha value is -1.65. The Kier molecular flexibility index (Phi) is 9.97. The molecule has 0 aromatic heterocycles. The van der Waals surface area contributed by atoms with Gasteiger partial charge in [-0.15, -0.1) is 0 Å². The highest BCUT2D eigenvalue weighted by atomic mass is 28.4. The number of carbonyl (C=O) groups excluding carboxylic acids is 1. The smallest absolute Gasteiger partial charge is 0.192 e. The van der Waals surface area contributed by atoms with Gasteiger partial charge in [0.15, 0.2) is 8.32 Å². The van der Waals surface area contributed by atoms with Crippen LogP contribution in [0.25, 0.3) is 0 Å². The van der Waals surface area contributed by atoms with Crippen LogP contribution in [0.15, 0.2) is 54.6 Å². The van der Waals surface area contributed by atoms with E-state index in [0.717, 1.165) is 37.9 Å². The molecule has 34 heavy (non-hydrogen) atoms. The monoisotopic (exact) mass is 484 g/mol. The number of ether oxygens (including phenoxy) is 1. The number of para-hydroxylation sites is 1. The van der Waals surface area contributed by atoms with Crippen LogP contribution in [-0.4, -0.2) is 26.8 Å². The summed E-state index contributed by atoms with van der Waals surface area (Å²) in [5, 5.41) is 0.142. The molecular formula is C30H48O3Si. The van der Waals surface area contributed by atoms with Gasteiger partial charge >= 0.3 is 0 Å². The molecule has 2 rings (SSSR count). The van der Waals surface area contributed by atoms with Gasteiger partial charge in [0.05, 0.1) is 12.7 Å². The number of ketones is 1. The SMILES string of the molecule is CC1(/C=C/C=C/C(O[Si](C)(C)C(C)(C)C)C(C)(C)CCCOc2ccccc2)CCCCC1=O. The first kappa shape index (κ1) is 28.6. The van der Waals surface area contributed by atoms with Gasteiger partial charge in [-0.1, -0.05) is 83.5 Å². The van der Waals surface area contributed by atoms with E-state index in [0.29, 0.717) is 18.8 Å². The third-order valence-corrected chi connectivity index (χ3v) is 12.3. The van der Waals surface area contributed by atoms with E-state index in [9.17, 15) is 4.79 Å². The molecule has 1 aromatic carbocycles. The largest absolute Gasteiger partial charge is 0.494 e. The van der Waals surface area contributed by atoms with Gasteiger partial charge in [-0.25, -0.2) is 0 Å². The molecule has 3 nitrogen and oxygen atoms in total. The Balaban J connectivity index is 2.09. The summed E-state index contributed by atoms with van der Waals surface area (Å²) in [6.45, 7) is 18.9. The zero-order valence-corrected chi connectivity index (χ0v) is 23.9. The van der Waals surface area contributed by atoms with Crippen molar-refractivity contribution in [3.8, 4) is 5.75 Å². The molecule has 1 aliphatic carbocycles. The molecule has 0 amide bonds. The van der Waals surface area contributed by atoms with Crippen molar-refractivity contribution < 1.29 is 14.0 Å². The maximum Gasteiger partial charge on any atom is 0.192 e. The highest BCUT2D eigenvalue weighted by Gasteiger charge is 2.42. The van der Waals surface area contributed by atoms with E-state index < -0.39 is 8.32 Å². The second-order valence-corrected chi connectivity index (χ2v) is 17.1. The summed E-state index contributed by atoms with van der Waals surface area (Å²) in [6.07, 6.45) is 14.3. The van der Waals surface area contributed by atoms with Crippen LogP contribution in [0.5, 0.6) is 5.75 Å². The van der Waals surface area contributed by atoms with Crippen molar-refractivity contribution in [1.29, 1.82) is 0 Å². The third kappa shape index (κ3) is 8.23. The minimum absolute atomic E-state index is 0.00429. The first-order chi connectivity index (χ1) is 15.8. The highest BCUT2D eigenvalue weighted by molar-refractivity contribution is 6.74. The molecule has 2 atom stereocenters. The number of hydrogen-bond donors (Lipinski definition) is 0. The van der Waals surface area contributed by atoms with E-state index in [1.165, 1.54) is 0 Å². The van der Waals surface area contributed by atoms with Crippen molar-refractivity contribution in [2.24, 2.45) is 10.8 Å². The zero-order chi connectivity index (χ0) is 25.5. The van der Waals surface area contributed by atoms with Crippen molar-refractivity contribution in [2.45, 2.75) is 104 Å². The quantitative estimate of drug-likeness (QED) is 0.179. The molecule has 0 aliphatic heterocycles. The lowest BCUT2D eigenvalue weighted by Gasteiger charge is -2.43. The number of Topliss-reactive ketones (excluding diaryl/α,β-unsaturated/α-hetero) is 1. The number of hydrogen-bond acceptors (Lipinski definition) is 3. The molecule has 1 aromatic rings. The van der Waals surface area contributed by atoms with Gasteiger partial charge in [0, 0.05) is 11.8 Å². The predicted molar refractivity (Wildman–Crippen MR) is 147 cm³/mol. The Morgan fingerprint density at radius 3 is 2.35 bits per heavy atom. The van der Waals surface area contributed by atoms with Crippen LogP contribution in [0, 0.1) is 10.8 Å². The summed E-state index contributed by atoms with van der Waals surface area (Å²) < 4.78 is 12.9. The number of benzene rings is 1. The van der Waals surface area contributed by atoms with E-state index in [-0.39, 0.29) is 22.0 Å². The first-order valence-corrected chi connectivity index (χ1v) is 15.9. The maximum absolute atomic E-state index is 12.4. The lowest BCUT2D eigenvalue weighted by atomic mass is 9.74. The van der Waals surface area contributed by atoms with Crippen molar-refractivity contribution >= 4 is 14.1 Å². The fourth-order valence-corrected chi connectivity index (χ4v) is 5.53. The standard InChI is InChI=1S/C30H48O3Si/c1-28(2,3)34(7,8)33-27(20-13-15-23-30(6)22-14-12-19-26(30)31)29(4,5)21-16-24-32-25-17-10-9-11-18-25/h9-11,13,15,17-18,20,23,27H,12,14,16,19,21-22,24H2,1-8H3/b20-13+,23-15+. The van der Waals surface area contributed by atoms with Gasteiger partial charge in [-0.05, 0) is 68.3 Å². The van der Waals surface area contributed by atoms with Crippen LogP contribution < -0.4 is 4.74 Å². The van der Waals surface area contributed by atoms with Crippen LogP contribution in [0.1, 0.15) is 80.1 Å². The van der Waals surface area contributed by atoms with Crippen molar-refractivity contribution in [1.82, 2.24) is 0 Å². The van der Waals surface area contributed by atoms with E-state index in [2.05, 4.69) is 78.9 Å². The van der Waals surface area contributed by atoms with Crippen LogP contribution >= 0.6 is 0 Å². The third-order valence-electron chi connectivity index (χ3n) is 7.82. The number of rotatable bonds is 11. The minimum atomic E-state index is -1.96. The predicted octanol–water partition coefficient (Wildman–Crippen LogP) is 8.52. The summed E-state index contributed by atoms with van der Waals surface area (Å²) >= 11 is 0. The zero-order valence-electron chi connectivity index (χ0n) is 22.9. The summed E-state index contributed by atoms with van der Waals surface area (Å²) in [7, 11) is -1.96. The van der Waals surface area contributed by atoms with Gasteiger partial charge in [0.2, 0.25) is 0 Å². The van der Waals surface area contributed by atoms with E-state index in [4.69, 9.17) is 9.16 Å². The minimum Gasteiger partial charge on any atom is -0.494 e. The van der Waals surface area contributed by atoms with E-state index in [1.54, 1.807) is 0 Å². The Morgan fingerprint density at radius 1 is 1.06 bits per heavy atom. The van der Waals surface area contributed by atoms with Crippen molar-refractivity contribution in [3.63, 3.8) is 0 Å². The van der Waals surface area contributed by atoms with Gasteiger partial charge in [-0.3, -0.25) is 4.79 Å². The fourth-order valence-electron chi connectivity index (χ4n) is 4.14. The molecule has 0 spiro atoms. The van der Waals surface area contributed by atoms with Crippen LogP contribution in [0.4, 0.5) is 0 Å². The van der Waals surface area contributed by atoms with E-state index in [1.807, 2.05) is 30.3 Å². The van der Waals surface area contributed by atoms with E-state index >= 15 is 0 Å². The topological polar surface area (TPSA) is 35.5 Å². The average molecular weight is 485 g/mol. The molecule has 0 heterocycles. The Labute approximate surface area is 210 Å². The van der Waals surface area contributed by atoms with Gasteiger partial charge < -0.3 is 9.16 Å². The lowest BCUT2D eigenvalue weighted by molar-refractivity contribution is -0.127. The molecule has 0 bridgehead atoms. The van der Waals surface area contributed by atoms with Crippen LogP contribution in [0.3, 0.4) is 0 Å². The normalized spacial score (nSPS) is 21.4. The molecular weight excluding hydrogens is 436 g/mol. The molecule has 0 radical (unpaired) electrons. The Morgan fingerprint density at radius 2 is 1.74 bits per heavy atom. The first-order valence-electron chi connectivity index (χ1n) is 13.0. The number of allylic oxidation sites excluding steroid dienone is 3. The molecule has 1 saturated carbocycles. The lowest BCUT2D eigenvalue weighted by Crippen LogP contribution is -2.47. The molecule has 1 fully saturated rings. The second kappa shape index (κ2) is 11.9. The van der Waals surface area contributed by atoms with Crippen molar-refractivity contribution in [2.75, 3.05) is 6.61 Å². The molecule has 4 heteroatoms. The summed E-state index contributed by atoms with van der Waals surface area (Å²) in [4.78, 5) is 12.4. The van der Waals surface area contributed by atoms with Crippen LogP contribution in [-0.2, 0) is 9.22 Å². The maximum atomic E-state index is 12.4. The number of carbonyl (C=O) groups is 1. The van der Waals surface area contributed by atoms with Crippen molar-refractivity contribution in [3.05, 3.63) is 54.6 Å².